The topological polar surface area (TPSA) is 35.6 Å². The summed E-state index contributed by atoms with van der Waals surface area (Å²) in [6.07, 6.45) is 0. The Kier molecular flexibility index (Phi) is 4.11. The molecule has 34 heavy (non-hydrogen) atoms. The Morgan fingerprint density at radius 3 is 1.88 bits per heavy atom. The van der Waals surface area contributed by atoms with E-state index in [-0.39, 0.29) is 0 Å². The summed E-state index contributed by atoms with van der Waals surface area (Å²) in [5.41, 5.74) is 8.60. The van der Waals surface area contributed by atoms with E-state index in [1.165, 1.54) is 33.1 Å². The zero-order valence-corrected chi connectivity index (χ0v) is 18.3. The average molecular weight is 437 g/mol. The van der Waals surface area contributed by atoms with Crippen molar-refractivity contribution in [2.45, 2.75) is 0 Å². The molecule has 2 heterocycles. The summed E-state index contributed by atoms with van der Waals surface area (Å²) in [4.78, 5) is 1.70. The van der Waals surface area contributed by atoms with E-state index < -0.39 is 0 Å². The van der Waals surface area contributed by atoms with Crippen molar-refractivity contribution >= 4 is 32.8 Å². The molecular formula is C30H20N4. The Morgan fingerprint density at radius 1 is 0.441 bits per heavy atom. The second-order valence-electron chi connectivity index (χ2n) is 8.45. The highest BCUT2D eigenvalue weighted by molar-refractivity contribution is 6.10. The maximum absolute atomic E-state index is 4.73. The molecule has 0 unspecified atom stereocenters. The first-order valence-electron chi connectivity index (χ1n) is 11.4. The van der Waals surface area contributed by atoms with Gasteiger partial charge in [-0.15, -0.1) is 10.2 Å². The average Bonchev–Trinajstić information content (AvgIpc) is 3.48. The Bertz CT molecular complexity index is 1790. The van der Waals surface area contributed by atoms with E-state index in [2.05, 4.69) is 101 Å². The van der Waals surface area contributed by atoms with Gasteiger partial charge in [0.25, 0.3) is 0 Å². The number of nitrogens with zero attached hydrogens (tertiary/aromatic N) is 4. The molecule has 0 aliphatic heterocycles. The predicted molar refractivity (Wildman–Crippen MR) is 139 cm³/mol. The maximum atomic E-state index is 4.73. The van der Waals surface area contributed by atoms with Crippen LogP contribution in [0.2, 0.25) is 0 Å². The lowest BCUT2D eigenvalue weighted by Gasteiger charge is -2.08. The number of para-hydroxylation sites is 3. The minimum Gasteiger partial charge on any atom is -0.309 e. The van der Waals surface area contributed by atoms with E-state index in [1.54, 1.807) is 4.80 Å². The third kappa shape index (κ3) is 2.93. The van der Waals surface area contributed by atoms with Crippen molar-refractivity contribution in [1.29, 1.82) is 0 Å². The smallest absolute Gasteiger partial charge is 0.114 e. The van der Waals surface area contributed by atoms with Gasteiger partial charge < -0.3 is 4.57 Å². The zero-order chi connectivity index (χ0) is 22.5. The third-order valence-corrected chi connectivity index (χ3v) is 6.39. The first kappa shape index (κ1) is 18.8. The number of rotatable bonds is 3. The summed E-state index contributed by atoms with van der Waals surface area (Å²) in [5, 5.41) is 11.9. The number of aromatic nitrogens is 4. The summed E-state index contributed by atoms with van der Waals surface area (Å²) in [6.45, 7) is 0. The molecular weight excluding hydrogens is 416 g/mol. The summed E-state index contributed by atoms with van der Waals surface area (Å²) < 4.78 is 2.34. The molecule has 7 rings (SSSR count). The summed E-state index contributed by atoms with van der Waals surface area (Å²) in [7, 11) is 0. The highest BCUT2D eigenvalue weighted by atomic mass is 15.5. The second kappa shape index (κ2) is 7.42. The molecule has 0 aliphatic rings. The van der Waals surface area contributed by atoms with Gasteiger partial charge in [-0.2, -0.15) is 4.80 Å². The number of fused-ring (bicyclic) bond motifs is 4. The van der Waals surface area contributed by atoms with Gasteiger partial charge in [0.2, 0.25) is 0 Å². The van der Waals surface area contributed by atoms with Crippen LogP contribution in [0.5, 0.6) is 0 Å². The van der Waals surface area contributed by atoms with Crippen LogP contribution in [0.15, 0.2) is 121 Å². The molecule has 0 saturated carbocycles. The quantitative estimate of drug-likeness (QED) is 0.294. The van der Waals surface area contributed by atoms with Gasteiger partial charge in [-0.05, 0) is 65.7 Å². The first-order chi connectivity index (χ1) is 16.8. The first-order valence-corrected chi connectivity index (χ1v) is 11.4. The van der Waals surface area contributed by atoms with Crippen molar-refractivity contribution in [2.24, 2.45) is 0 Å². The fourth-order valence-corrected chi connectivity index (χ4v) is 4.78. The SMILES string of the molecule is c1ccc(-n2nc3ccc(-c4ccc5c(c4)c4ccccc4n5-c4ccccc4)cc3n2)cc1. The standard InChI is InChI=1S/C30H20N4/c1-3-9-23(10-4-1)33-29-14-8-7-13-25(29)26-19-21(16-18-30(26)33)22-15-17-27-28(20-22)32-34(31-27)24-11-5-2-6-12-24/h1-20H. The van der Waals surface area contributed by atoms with Crippen LogP contribution in [0, 0.1) is 0 Å². The van der Waals surface area contributed by atoms with Crippen LogP contribution in [-0.2, 0) is 0 Å². The summed E-state index contributed by atoms with van der Waals surface area (Å²) in [6, 6.07) is 42.2. The minimum atomic E-state index is 0.883. The Balaban J connectivity index is 1.39. The monoisotopic (exact) mass is 436 g/mol. The molecule has 0 spiro atoms. The van der Waals surface area contributed by atoms with E-state index in [9.17, 15) is 0 Å². The van der Waals surface area contributed by atoms with Gasteiger partial charge in [-0.1, -0.05) is 66.7 Å². The van der Waals surface area contributed by atoms with Crippen LogP contribution in [0.25, 0.3) is 55.3 Å². The van der Waals surface area contributed by atoms with Gasteiger partial charge in [0, 0.05) is 16.5 Å². The fraction of sp³-hybridized carbons (Fsp3) is 0. The Labute approximate surface area is 196 Å². The van der Waals surface area contributed by atoms with Crippen LogP contribution in [0.1, 0.15) is 0 Å². The molecule has 0 aliphatic carbocycles. The molecule has 4 nitrogen and oxygen atoms in total. The predicted octanol–water partition coefficient (Wildman–Crippen LogP) is 7.18. The van der Waals surface area contributed by atoms with Crippen molar-refractivity contribution in [1.82, 2.24) is 19.6 Å². The third-order valence-electron chi connectivity index (χ3n) is 6.39. The molecule has 160 valence electrons. The van der Waals surface area contributed by atoms with Crippen molar-refractivity contribution in [3.05, 3.63) is 121 Å². The molecule has 2 aromatic heterocycles. The Hall–Kier alpha value is -4.70. The van der Waals surface area contributed by atoms with Crippen molar-refractivity contribution in [3.8, 4) is 22.5 Å². The second-order valence-corrected chi connectivity index (χ2v) is 8.45. The van der Waals surface area contributed by atoms with E-state index in [4.69, 9.17) is 5.10 Å². The van der Waals surface area contributed by atoms with Crippen LogP contribution in [-0.4, -0.2) is 19.6 Å². The molecule has 0 atom stereocenters. The highest BCUT2D eigenvalue weighted by Gasteiger charge is 2.13. The van der Waals surface area contributed by atoms with Crippen molar-refractivity contribution in [2.75, 3.05) is 0 Å². The number of hydrogen-bond acceptors (Lipinski definition) is 2. The molecule has 7 aromatic rings. The molecule has 0 saturated heterocycles. The molecule has 0 fully saturated rings. The van der Waals surface area contributed by atoms with Gasteiger partial charge in [0.1, 0.15) is 11.0 Å². The molecule has 0 radical (unpaired) electrons. The molecule has 0 amide bonds. The molecule has 0 bridgehead atoms. The largest absolute Gasteiger partial charge is 0.309 e. The number of hydrogen-bond donors (Lipinski definition) is 0. The van der Waals surface area contributed by atoms with E-state index in [0.717, 1.165) is 22.3 Å². The molecule has 4 heteroatoms. The maximum Gasteiger partial charge on any atom is 0.114 e. The van der Waals surface area contributed by atoms with Gasteiger partial charge in [0.15, 0.2) is 0 Å². The van der Waals surface area contributed by atoms with Gasteiger partial charge in [-0.25, -0.2) is 0 Å². The highest BCUT2D eigenvalue weighted by Crippen LogP contribution is 2.35. The zero-order valence-electron chi connectivity index (χ0n) is 18.3. The lowest BCUT2D eigenvalue weighted by Crippen LogP contribution is -1.97. The Morgan fingerprint density at radius 2 is 1.06 bits per heavy atom. The van der Waals surface area contributed by atoms with Gasteiger partial charge >= 0.3 is 0 Å². The van der Waals surface area contributed by atoms with Crippen LogP contribution >= 0.6 is 0 Å². The fourth-order valence-electron chi connectivity index (χ4n) is 4.78. The molecule has 5 aromatic carbocycles. The lowest BCUT2D eigenvalue weighted by atomic mass is 10.0. The van der Waals surface area contributed by atoms with E-state index in [1.807, 2.05) is 30.3 Å². The van der Waals surface area contributed by atoms with Crippen molar-refractivity contribution in [3.63, 3.8) is 0 Å². The number of benzene rings is 5. The van der Waals surface area contributed by atoms with Gasteiger partial charge in [-0.3, -0.25) is 0 Å². The summed E-state index contributed by atoms with van der Waals surface area (Å²) in [5.74, 6) is 0. The van der Waals surface area contributed by atoms with Crippen molar-refractivity contribution < 1.29 is 0 Å². The van der Waals surface area contributed by atoms with Crippen LogP contribution in [0.3, 0.4) is 0 Å². The van der Waals surface area contributed by atoms with E-state index >= 15 is 0 Å². The normalized spacial score (nSPS) is 11.5. The van der Waals surface area contributed by atoms with Crippen LogP contribution in [0.4, 0.5) is 0 Å². The van der Waals surface area contributed by atoms with Crippen LogP contribution < -0.4 is 0 Å². The molecule has 0 N–H and O–H groups in total. The summed E-state index contributed by atoms with van der Waals surface area (Å²) >= 11 is 0. The lowest BCUT2D eigenvalue weighted by molar-refractivity contribution is 0.766. The van der Waals surface area contributed by atoms with Gasteiger partial charge in [0.05, 0.1) is 16.7 Å². The minimum absolute atomic E-state index is 0.883. The van der Waals surface area contributed by atoms with E-state index in [0.29, 0.717) is 0 Å².